The molecule has 0 saturated carbocycles. The molecule has 0 spiro atoms. The fourth-order valence-corrected chi connectivity index (χ4v) is 1.33. The van der Waals surface area contributed by atoms with Crippen molar-refractivity contribution in [3.05, 3.63) is 28.2 Å². The molecule has 2 N–H and O–H groups in total. The van der Waals surface area contributed by atoms with Crippen molar-refractivity contribution in [2.45, 2.75) is 6.18 Å². The van der Waals surface area contributed by atoms with E-state index in [4.69, 9.17) is 5.73 Å². The molecule has 0 aliphatic carbocycles. The van der Waals surface area contributed by atoms with Crippen LogP contribution in [0.15, 0.2) is 27.7 Å². The summed E-state index contributed by atoms with van der Waals surface area (Å²) in [5, 5.41) is 0. The number of hydrogen-bond acceptors (Lipinski definition) is 1. The molecule has 1 aromatic rings. The van der Waals surface area contributed by atoms with E-state index >= 15 is 0 Å². The van der Waals surface area contributed by atoms with Crippen LogP contribution in [-0.2, 0) is 6.18 Å². The fourth-order valence-electron chi connectivity index (χ4n) is 0.998. The van der Waals surface area contributed by atoms with Gasteiger partial charge in [0.1, 0.15) is 0 Å². The number of rotatable bonds is 1. The Hall–Kier alpha value is -1.24. The molecule has 0 unspecified atom stereocenters. The Morgan fingerprint density at radius 3 is 2.41 bits per heavy atom. The zero-order valence-electron chi connectivity index (χ0n) is 9.22. The number of aliphatic imine (C=N–C) groups is 1. The molecular weight excluding hydrogens is 299 g/mol. The molecule has 0 aliphatic heterocycles. The van der Waals surface area contributed by atoms with Gasteiger partial charge in [0, 0.05) is 18.6 Å². The predicted molar refractivity (Wildman–Crippen MR) is 64.1 cm³/mol. The smallest absolute Gasteiger partial charge is 0.370 e. The first-order valence-corrected chi connectivity index (χ1v) is 5.39. The Balaban J connectivity index is 3.21. The van der Waals surface area contributed by atoms with Crippen molar-refractivity contribution in [3.63, 3.8) is 0 Å². The Morgan fingerprint density at radius 2 is 1.94 bits per heavy atom. The SMILES string of the molecule is CN(C)C(N)=Nc1cc(C(F)(F)F)ccc1Br. The van der Waals surface area contributed by atoms with Gasteiger partial charge in [0.05, 0.1) is 11.3 Å². The lowest BCUT2D eigenvalue weighted by Gasteiger charge is -2.12. The van der Waals surface area contributed by atoms with Gasteiger partial charge in [-0.15, -0.1) is 0 Å². The number of hydrogen-bond donors (Lipinski definition) is 1. The summed E-state index contributed by atoms with van der Waals surface area (Å²) >= 11 is 3.13. The summed E-state index contributed by atoms with van der Waals surface area (Å²) in [5.41, 5.74) is 4.94. The monoisotopic (exact) mass is 309 g/mol. The van der Waals surface area contributed by atoms with E-state index < -0.39 is 11.7 Å². The standard InChI is InChI=1S/C10H11BrF3N3/c1-17(2)9(15)16-8-5-6(10(12,13)14)3-4-7(8)11/h3-5H,1-2H3,(H2,15,16). The van der Waals surface area contributed by atoms with Gasteiger partial charge in [-0.05, 0) is 34.1 Å². The molecular formula is C10H11BrF3N3. The maximum Gasteiger partial charge on any atom is 0.416 e. The van der Waals surface area contributed by atoms with Crippen LogP contribution in [0, 0.1) is 0 Å². The van der Waals surface area contributed by atoms with Crippen LogP contribution in [0.5, 0.6) is 0 Å². The molecule has 0 bridgehead atoms. The van der Waals surface area contributed by atoms with E-state index in [0.29, 0.717) is 4.47 Å². The Morgan fingerprint density at radius 1 is 1.35 bits per heavy atom. The summed E-state index contributed by atoms with van der Waals surface area (Å²) in [6, 6.07) is 3.22. The summed E-state index contributed by atoms with van der Waals surface area (Å²) in [7, 11) is 3.31. The lowest BCUT2D eigenvalue weighted by molar-refractivity contribution is -0.137. The van der Waals surface area contributed by atoms with E-state index in [2.05, 4.69) is 20.9 Å². The number of halogens is 4. The fraction of sp³-hybridized carbons (Fsp3) is 0.300. The van der Waals surface area contributed by atoms with Crippen LogP contribution in [0.3, 0.4) is 0 Å². The number of benzene rings is 1. The van der Waals surface area contributed by atoms with Crippen LogP contribution in [0.1, 0.15) is 5.56 Å². The van der Waals surface area contributed by atoms with Crippen molar-refractivity contribution in [3.8, 4) is 0 Å². The highest BCUT2D eigenvalue weighted by atomic mass is 79.9. The molecule has 0 fully saturated rings. The largest absolute Gasteiger partial charge is 0.416 e. The van der Waals surface area contributed by atoms with Crippen molar-refractivity contribution in [1.82, 2.24) is 4.90 Å². The third kappa shape index (κ3) is 3.62. The van der Waals surface area contributed by atoms with Crippen molar-refractivity contribution in [2.75, 3.05) is 14.1 Å². The lowest BCUT2D eigenvalue weighted by atomic mass is 10.2. The van der Waals surface area contributed by atoms with Gasteiger partial charge in [0.15, 0.2) is 5.96 Å². The number of guanidine groups is 1. The summed E-state index contributed by atoms with van der Waals surface area (Å²) in [6.45, 7) is 0. The second-order valence-electron chi connectivity index (χ2n) is 3.53. The van der Waals surface area contributed by atoms with E-state index in [1.54, 1.807) is 14.1 Å². The topological polar surface area (TPSA) is 41.6 Å². The average molecular weight is 310 g/mol. The van der Waals surface area contributed by atoms with Gasteiger partial charge in [-0.2, -0.15) is 13.2 Å². The quantitative estimate of drug-likeness (QED) is 0.640. The average Bonchev–Trinajstić information content (AvgIpc) is 2.19. The van der Waals surface area contributed by atoms with Crippen molar-refractivity contribution in [1.29, 1.82) is 0 Å². The van der Waals surface area contributed by atoms with Crippen molar-refractivity contribution in [2.24, 2.45) is 10.7 Å². The van der Waals surface area contributed by atoms with Gasteiger partial charge < -0.3 is 10.6 Å². The van der Waals surface area contributed by atoms with E-state index in [1.807, 2.05) is 0 Å². The number of nitrogens with two attached hydrogens (primary N) is 1. The zero-order chi connectivity index (χ0) is 13.2. The third-order valence-electron chi connectivity index (χ3n) is 1.97. The molecule has 0 heterocycles. The van der Waals surface area contributed by atoms with Crippen LogP contribution >= 0.6 is 15.9 Å². The highest BCUT2D eigenvalue weighted by molar-refractivity contribution is 9.10. The van der Waals surface area contributed by atoms with Crippen molar-refractivity contribution >= 4 is 27.6 Å². The van der Waals surface area contributed by atoms with E-state index in [9.17, 15) is 13.2 Å². The molecule has 0 aliphatic rings. The summed E-state index contributed by atoms with van der Waals surface area (Å²) in [4.78, 5) is 5.41. The zero-order valence-corrected chi connectivity index (χ0v) is 10.8. The highest BCUT2D eigenvalue weighted by Gasteiger charge is 2.30. The van der Waals surface area contributed by atoms with Crippen LogP contribution in [-0.4, -0.2) is 25.0 Å². The summed E-state index contributed by atoms with van der Waals surface area (Å²) in [5.74, 6) is 0.130. The normalized spacial score (nSPS) is 12.7. The molecule has 0 radical (unpaired) electrons. The van der Waals surface area contributed by atoms with E-state index in [-0.39, 0.29) is 11.6 Å². The molecule has 17 heavy (non-hydrogen) atoms. The first kappa shape index (κ1) is 13.8. The first-order valence-electron chi connectivity index (χ1n) is 4.60. The predicted octanol–water partition coefficient (Wildman–Crippen LogP) is 2.98. The van der Waals surface area contributed by atoms with Crippen molar-refractivity contribution < 1.29 is 13.2 Å². The molecule has 0 aromatic heterocycles. The maximum absolute atomic E-state index is 12.5. The maximum atomic E-state index is 12.5. The van der Waals surface area contributed by atoms with Gasteiger partial charge in [-0.1, -0.05) is 0 Å². The Kier molecular flexibility index (Phi) is 4.03. The Labute approximate surface area is 105 Å². The third-order valence-corrected chi connectivity index (χ3v) is 2.64. The van der Waals surface area contributed by atoms with Crippen LogP contribution in [0.4, 0.5) is 18.9 Å². The first-order chi connectivity index (χ1) is 7.71. The van der Waals surface area contributed by atoms with E-state index in [0.717, 1.165) is 12.1 Å². The molecule has 94 valence electrons. The minimum absolute atomic E-state index is 0.130. The number of alkyl halides is 3. The molecule has 3 nitrogen and oxygen atoms in total. The number of nitrogens with zero attached hydrogens (tertiary/aromatic N) is 2. The summed E-state index contributed by atoms with van der Waals surface area (Å²) < 4.78 is 37.9. The molecule has 7 heteroatoms. The molecule has 0 amide bonds. The highest BCUT2D eigenvalue weighted by Crippen LogP contribution is 2.35. The molecule has 1 rings (SSSR count). The Bertz CT molecular complexity index is 441. The second kappa shape index (κ2) is 4.95. The molecule has 1 aromatic carbocycles. The lowest BCUT2D eigenvalue weighted by Crippen LogP contribution is -2.29. The summed E-state index contributed by atoms with van der Waals surface area (Å²) in [6.07, 6.45) is -4.39. The van der Waals surface area contributed by atoms with Crippen LogP contribution in [0.25, 0.3) is 0 Å². The van der Waals surface area contributed by atoms with Crippen LogP contribution in [0.2, 0.25) is 0 Å². The van der Waals surface area contributed by atoms with Gasteiger partial charge in [-0.3, -0.25) is 0 Å². The minimum atomic E-state index is -4.39. The van der Waals surface area contributed by atoms with Gasteiger partial charge in [0.2, 0.25) is 0 Å². The van der Waals surface area contributed by atoms with Gasteiger partial charge in [0.25, 0.3) is 0 Å². The minimum Gasteiger partial charge on any atom is -0.370 e. The van der Waals surface area contributed by atoms with Gasteiger partial charge in [-0.25, -0.2) is 4.99 Å². The van der Waals surface area contributed by atoms with Gasteiger partial charge >= 0.3 is 6.18 Å². The second-order valence-corrected chi connectivity index (χ2v) is 4.38. The molecule has 0 saturated heterocycles. The van der Waals surface area contributed by atoms with Crippen LogP contribution < -0.4 is 5.73 Å². The van der Waals surface area contributed by atoms with E-state index in [1.165, 1.54) is 11.0 Å². The molecule has 0 atom stereocenters.